The molecular weight excluding hydrogens is 374 g/mol. The van der Waals surface area contributed by atoms with Gasteiger partial charge in [-0.2, -0.15) is 0 Å². The molecule has 1 saturated heterocycles. The molecule has 1 atom stereocenters. The van der Waals surface area contributed by atoms with Crippen molar-refractivity contribution in [3.05, 3.63) is 66.0 Å². The van der Waals surface area contributed by atoms with Crippen LogP contribution in [-0.2, 0) is 16.0 Å². The van der Waals surface area contributed by atoms with E-state index in [1.165, 1.54) is 11.1 Å². The van der Waals surface area contributed by atoms with Crippen LogP contribution in [0.15, 0.2) is 60.4 Å². The minimum absolute atomic E-state index is 0.227. The van der Waals surface area contributed by atoms with Gasteiger partial charge in [-0.3, -0.25) is 14.7 Å². The summed E-state index contributed by atoms with van der Waals surface area (Å²) >= 11 is 0. The number of benzene rings is 1. The Balaban J connectivity index is 1.55. The molecule has 30 heavy (non-hydrogen) atoms. The van der Waals surface area contributed by atoms with Crippen molar-refractivity contribution in [2.75, 3.05) is 46.9 Å². The van der Waals surface area contributed by atoms with E-state index in [-0.39, 0.29) is 11.3 Å². The van der Waals surface area contributed by atoms with E-state index < -0.39 is 0 Å². The molecule has 4 rings (SSSR count). The molecule has 5 heteroatoms. The van der Waals surface area contributed by atoms with E-state index >= 15 is 0 Å². The van der Waals surface area contributed by atoms with Crippen LogP contribution in [-0.4, -0.2) is 67.6 Å². The van der Waals surface area contributed by atoms with Gasteiger partial charge < -0.3 is 9.64 Å². The van der Waals surface area contributed by atoms with E-state index in [2.05, 4.69) is 46.3 Å². The second-order valence-corrected chi connectivity index (χ2v) is 8.76. The standard InChI is InChI=1S/C25H31N3O2/c1-27(2)24(29)25(10-12-28(19-25)17-21-7-5-13-30-18-21)15-20-6-3-8-22(14-20)23-9-4-11-26-16-23/h3-4,6-9,11,14,16H,5,10,12-13,15,17-19H2,1-2H3. The molecule has 1 aromatic carbocycles. The Hall–Kier alpha value is -2.50. The first kappa shape index (κ1) is 20.8. The third-order valence-corrected chi connectivity index (χ3v) is 6.17. The minimum Gasteiger partial charge on any atom is -0.377 e. The Morgan fingerprint density at radius 3 is 2.83 bits per heavy atom. The maximum absolute atomic E-state index is 13.3. The van der Waals surface area contributed by atoms with Crippen molar-refractivity contribution in [2.24, 2.45) is 5.41 Å². The van der Waals surface area contributed by atoms with Crippen molar-refractivity contribution in [3.63, 3.8) is 0 Å². The summed E-state index contributed by atoms with van der Waals surface area (Å²) in [6.07, 6.45) is 8.61. The lowest BCUT2D eigenvalue weighted by molar-refractivity contribution is -0.138. The molecule has 0 bridgehead atoms. The van der Waals surface area contributed by atoms with E-state index in [0.29, 0.717) is 0 Å². The summed E-state index contributed by atoms with van der Waals surface area (Å²) in [5.74, 6) is 0.227. The number of aromatic nitrogens is 1. The van der Waals surface area contributed by atoms with Gasteiger partial charge in [0, 0.05) is 39.6 Å². The van der Waals surface area contributed by atoms with Crippen LogP contribution in [0.5, 0.6) is 0 Å². The summed E-state index contributed by atoms with van der Waals surface area (Å²) in [7, 11) is 3.74. The van der Waals surface area contributed by atoms with Crippen molar-refractivity contribution in [1.29, 1.82) is 0 Å². The Bertz CT molecular complexity index is 910. The summed E-state index contributed by atoms with van der Waals surface area (Å²) in [5.41, 5.74) is 4.41. The lowest BCUT2D eigenvalue weighted by atomic mass is 9.79. The zero-order valence-electron chi connectivity index (χ0n) is 18.0. The predicted octanol–water partition coefficient (Wildman–Crippen LogP) is 3.42. The van der Waals surface area contributed by atoms with E-state index in [1.807, 2.05) is 26.4 Å². The molecule has 0 N–H and O–H groups in total. The number of amides is 1. The Kier molecular flexibility index (Phi) is 6.30. The van der Waals surface area contributed by atoms with Crippen LogP contribution in [0, 0.1) is 5.41 Å². The minimum atomic E-state index is -0.382. The Morgan fingerprint density at radius 2 is 2.10 bits per heavy atom. The molecule has 5 nitrogen and oxygen atoms in total. The Morgan fingerprint density at radius 1 is 1.23 bits per heavy atom. The third kappa shape index (κ3) is 4.63. The lowest BCUT2D eigenvalue weighted by Gasteiger charge is -2.31. The first-order valence-corrected chi connectivity index (χ1v) is 10.7. The van der Waals surface area contributed by atoms with Gasteiger partial charge in [-0.05, 0) is 54.1 Å². The molecule has 0 aliphatic carbocycles. The zero-order chi connectivity index (χ0) is 21.0. The van der Waals surface area contributed by atoms with Gasteiger partial charge in [0.15, 0.2) is 0 Å². The Labute approximate surface area is 179 Å². The number of likely N-dealkylation sites (tertiary alicyclic amines) is 1. The van der Waals surface area contributed by atoms with Crippen molar-refractivity contribution < 1.29 is 9.53 Å². The maximum Gasteiger partial charge on any atom is 0.229 e. The smallest absolute Gasteiger partial charge is 0.229 e. The predicted molar refractivity (Wildman–Crippen MR) is 119 cm³/mol. The van der Waals surface area contributed by atoms with Gasteiger partial charge in [0.1, 0.15) is 0 Å². The molecule has 1 unspecified atom stereocenters. The molecule has 1 fully saturated rings. The highest BCUT2D eigenvalue weighted by Gasteiger charge is 2.45. The van der Waals surface area contributed by atoms with Crippen LogP contribution >= 0.6 is 0 Å². The quantitative estimate of drug-likeness (QED) is 0.691. The van der Waals surface area contributed by atoms with E-state index in [4.69, 9.17) is 4.74 Å². The van der Waals surface area contributed by atoms with Crippen LogP contribution in [0.4, 0.5) is 0 Å². The molecule has 0 spiro atoms. The fourth-order valence-corrected chi connectivity index (χ4v) is 4.75. The van der Waals surface area contributed by atoms with E-state index in [1.54, 1.807) is 11.1 Å². The average molecular weight is 406 g/mol. The summed E-state index contributed by atoms with van der Waals surface area (Å²) < 4.78 is 5.61. The number of rotatable bonds is 6. The number of ether oxygens (including phenoxy) is 1. The summed E-state index contributed by atoms with van der Waals surface area (Å²) in [4.78, 5) is 21.7. The van der Waals surface area contributed by atoms with Gasteiger partial charge in [0.05, 0.1) is 18.6 Å². The fraction of sp³-hybridized carbons (Fsp3) is 0.440. The molecule has 1 aromatic heterocycles. The number of carbonyl (C=O) groups excluding carboxylic acids is 1. The molecule has 1 amide bonds. The first-order chi connectivity index (χ1) is 14.6. The second kappa shape index (κ2) is 9.11. The van der Waals surface area contributed by atoms with E-state index in [0.717, 1.165) is 63.2 Å². The highest BCUT2D eigenvalue weighted by molar-refractivity contribution is 5.83. The molecular formula is C25H31N3O2. The van der Waals surface area contributed by atoms with Crippen LogP contribution in [0.3, 0.4) is 0 Å². The monoisotopic (exact) mass is 405 g/mol. The lowest BCUT2D eigenvalue weighted by Crippen LogP contribution is -2.44. The van der Waals surface area contributed by atoms with Crippen molar-refractivity contribution in [1.82, 2.24) is 14.8 Å². The van der Waals surface area contributed by atoms with Gasteiger partial charge >= 0.3 is 0 Å². The van der Waals surface area contributed by atoms with Gasteiger partial charge in [0.2, 0.25) is 5.91 Å². The van der Waals surface area contributed by atoms with Crippen molar-refractivity contribution in [3.8, 4) is 11.1 Å². The SMILES string of the molecule is CN(C)C(=O)C1(Cc2cccc(-c3cccnc3)c2)CCN(CC2=CCCOC2)C1. The number of hydrogen-bond donors (Lipinski definition) is 0. The van der Waals surface area contributed by atoms with Crippen molar-refractivity contribution >= 4 is 5.91 Å². The molecule has 0 radical (unpaired) electrons. The van der Waals surface area contributed by atoms with Crippen LogP contribution in [0.2, 0.25) is 0 Å². The normalized spacial score (nSPS) is 22.0. The molecule has 2 aliphatic rings. The highest BCUT2D eigenvalue weighted by Crippen LogP contribution is 2.37. The van der Waals surface area contributed by atoms with E-state index in [9.17, 15) is 4.79 Å². The van der Waals surface area contributed by atoms with Crippen LogP contribution in [0.25, 0.3) is 11.1 Å². The number of hydrogen-bond acceptors (Lipinski definition) is 4. The largest absolute Gasteiger partial charge is 0.377 e. The van der Waals surface area contributed by atoms with Gasteiger partial charge in [-0.1, -0.05) is 36.4 Å². The number of carbonyl (C=O) groups is 1. The fourth-order valence-electron chi connectivity index (χ4n) is 4.75. The van der Waals surface area contributed by atoms with Gasteiger partial charge in [0.25, 0.3) is 0 Å². The van der Waals surface area contributed by atoms with Crippen LogP contribution < -0.4 is 0 Å². The molecule has 3 heterocycles. The molecule has 2 aliphatic heterocycles. The van der Waals surface area contributed by atoms with Crippen molar-refractivity contribution in [2.45, 2.75) is 19.3 Å². The number of nitrogens with zero attached hydrogens (tertiary/aromatic N) is 3. The third-order valence-electron chi connectivity index (χ3n) is 6.17. The van der Waals surface area contributed by atoms with Crippen LogP contribution in [0.1, 0.15) is 18.4 Å². The molecule has 2 aromatic rings. The summed E-state index contributed by atoms with van der Waals surface area (Å²) in [6.45, 7) is 4.17. The average Bonchev–Trinajstić information content (AvgIpc) is 3.18. The summed E-state index contributed by atoms with van der Waals surface area (Å²) in [5, 5.41) is 0. The van der Waals surface area contributed by atoms with Gasteiger partial charge in [-0.25, -0.2) is 0 Å². The second-order valence-electron chi connectivity index (χ2n) is 8.76. The first-order valence-electron chi connectivity index (χ1n) is 10.7. The zero-order valence-corrected chi connectivity index (χ0v) is 18.0. The summed E-state index contributed by atoms with van der Waals surface area (Å²) in [6, 6.07) is 12.6. The maximum atomic E-state index is 13.3. The van der Waals surface area contributed by atoms with Gasteiger partial charge in [-0.15, -0.1) is 0 Å². The topological polar surface area (TPSA) is 45.7 Å². The molecule has 158 valence electrons. The molecule has 0 saturated carbocycles. The highest BCUT2D eigenvalue weighted by atomic mass is 16.5. The number of pyridine rings is 1.